The first kappa shape index (κ1) is 16.7. The first-order valence-corrected chi connectivity index (χ1v) is 6.42. The molecule has 0 amide bonds. The van der Waals surface area contributed by atoms with E-state index in [2.05, 4.69) is 0 Å². The molecular weight excluding hydrogens is 244 g/mol. The Balaban J connectivity index is 3.25. The lowest BCUT2D eigenvalue weighted by atomic mass is 10.2. The number of carbonyl (C=O) groups excluding carboxylic acids is 1. The molecule has 0 rings (SSSR count). The van der Waals surface area contributed by atoms with E-state index in [-0.39, 0.29) is 12.4 Å². The summed E-state index contributed by atoms with van der Waals surface area (Å²) in [7, 11) is 0. The molecule has 0 bridgehead atoms. The van der Waals surface area contributed by atoms with Crippen molar-refractivity contribution in [2.75, 3.05) is 32.3 Å². The zero-order valence-corrected chi connectivity index (χ0v) is 11.7. The van der Waals surface area contributed by atoms with Crippen LogP contribution in [0.1, 0.15) is 33.6 Å². The standard InChI is InChI=1S/C12H23ClO4/c1-12(2,3)17-11(14)5-8-16-10-9-15-7-4-6-13/h4-10H2,1-3H3. The molecule has 0 unspecified atom stereocenters. The van der Waals surface area contributed by atoms with Gasteiger partial charge in [0.25, 0.3) is 0 Å². The Kier molecular flexibility index (Phi) is 9.50. The molecule has 0 radical (unpaired) electrons. The minimum Gasteiger partial charge on any atom is -0.460 e. The van der Waals surface area contributed by atoms with Gasteiger partial charge in [-0.3, -0.25) is 4.79 Å². The first-order valence-electron chi connectivity index (χ1n) is 5.89. The number of alkyl halides is 1. The van der Waals surface area contributed by atoms with Crippen molar-refractivity contribution < 1.29 is 19.0 Å². The molecule has 0 saturated heterocycles. The Morgan fingerprint density at radius 1 is 1.06 bits per heavy atom. The first-order chi connectivity index (χ1) is 7.95. The third-order valence-electron chi connectivity index (χ3n) is 1.66. The van der Waals surface area contributed by atoms with Gasteiger partial charge in [-0.05, 0) is 27.2 Å². The Morgan fingerprint density at radius 2 is 1.65 bits per heavy atom. The number of esters is 1. The Hall–Kier alpha value is -0.320. The summed E-state index contributed by atoms with van der Waals surface area (Å²) in [6.45, 7) is 7.58. The van der Waals surface area contributed by atoms with Gasteiger partial charge in [0.1, 0.15) is 5.60 Å². The summed E-state index contributed by atoms with van der Waals surface area (Å²) in [5, 5.41) is 0. The molecule has 0 atom stereocenters. The maximum Gasteiger partial charge on any atom is 0.308 e. The van der Waals surface area contributed by atoms with E-state index in [4.69, 9.17) is 25.8 Å². The molecule has 4 nitrogen and oxygen atoms in total. The Labute approximate surface area is 109 Å². The van der Waals surface area contributed by atoms with Crippen molar-refractivity contribution in [2.24, 2.45) is 0 Å². The highest BCUT2D eigenvalue weighted by atomic mass is 35.5. The summed E-state index contributed by atoms with van der Waals surface area (Å²) >= 11 is 5.49. The fraction of sp³-hybridized carbons (Fsp3) is 0.917. The van der Waals surface area contributed by atoms with Crippen LogP contribution in [0.4, 0.5) is 0 Å². The molecule has 0 saturated carbocycles. The number of carbonyl (C=O) groups is 1. The molecule has 102 valence electrons. The van der Waals surface area contributed by atoms with Crippen LogP contribution in [0.15, 0.2) is 0 Å². The van der Waals surface area contributed by atoms with Crippen molar-refractivity contribution in [3.8, 4) is 0 Å². The minimum atomic E-state index is -0.429. The molecule has 0 aliphatic heterocycles. The van der Waals surface area contributed by atoms with Crippen LogP contribution in [0.2, 0.25) is 0 Å². The fourth-order valence-electron chi connectivity index (χ4n) is 1.03. The Bertz CT molecular complexity index is 201. The molecule has 0 N–H and O–H groups in total. The number of ether oxygens (including phenoxy) is 3. The minimum absolute atomic E-state index is 0.236. The van der Waals surface area contributed by atoms with Gasteiger partial charge in [-0.15, -0.1) is 11.6 Å². The van der Waals surface area contributed by atoms with E-state index in [0.29, 0.717) is 32.3 Å². The SMILES string of the molecule is CC(C)(C)OC(=O)CCOCCOCCCCl. The summed E-state index contributed by atoms with van der Waals surface area (Å²) in [5.41, 5.74) is -0.429. The van der Waals surface area contributed by atoms with Crippen LogP contribution < -0.4 is 0 Å². The van der Waals surface area contributed by atoms with E-state index in [1.807, 2.05) is 20.8 Å². The van der Waals surface area contributed by atoms with Crippen LogP contribution in [-0.4, -0.2) is 43.9 Å². The Morgan fingerprint density at radius 3 is 2.18 bits per heavy atom. The second-order valence-corrected chi connectivity index (χ2v) is 4.98. The normalized spacial score (nSPS) is 11.5. The second kappa shape index (κ2) is 9.68. The van der Waals surface area contributed by atoms with E-state index >= 15 is 0 Å². The van der Waals surface area contributed by atoms with Gasteiger partial charge in [0, 0.05) is 12.5 Å². The molecule has 0 aliphatic carbocycles. The third-order valence-corrected chi connectivity index (χ3v) is 1.93. The smallest absolute Gasteiger partial charge is 0.308 e. The molecule has 0 heterocycles. The maximum atomic E-state index is 11.3. The van der Waals surface area contributed by atoms with Gasteiger partial charge >= 0.3 is 5.97 Å². The second-order valence-electron chi connectivity index (χ2n) is 4.60. The van der Waals surface area contributed by atoms with Crippen LogP contribution in [0.5, 0.6) is 0 Å². The zero-order valence-electron chi connectivity index (χ0n) is 11.0. The number of hydrogen-bond acceptors (Lipinski definition) is 4. The van der Waals surface area contributed by atoms with Gasteiger partial charge in [0.15, 0.2) is 0 Å². The average molecular weight is 267 g/mol. The van der Waals surface area contributed by atoms with Crippen molar-refractivity contribution in [3.05, 3.63) is 0 Å². The summed E-state index contributed by atoms with van der Waals surface area (Å²) in [6, 6.07) is 0. The monoisotopic (exact) mass is 266 g/mol. The summed E-state index contributed by atoms with van der Waals surface area (Å²) < 4.78 is 15.6. The van der Waals surface area contributed by atoms with Crippen LogP contribution in [0.25, 0.3) is 0 Å². The van der Waals surface area contributed by atoms with Crippen molar-refractivity contribution in [1.29, 1.82) is 0 Å². The molecular formula is C12H23ClO4. The lowest BCUT2D eigenvalue weighted by molar-refractivity contribution is -0.156. The number of hydrogen-bond donors (Lipinski definition) is 0. The highest BCUT2D eigenvalue weighted by Crippen LogP contribution is 2.07. The van der Waals surface area contributed by atoms with Crippen LogP contribution in [-0.2, 0) is 19.0 Å². The molecule has 17 heavy (non-hydrogen) atoms. The van der Waals surface area contributed by atoms with Gasteiger partial charge in [-0.2, -0.15) is 0 Å². The van der Waals surface area contributed by atoms with Gasteiger partial charge < -0.3 is 14.2 Å². The summed E-state index contributed by atoms with van der Waals surface area (Å²) in [5.74, 6) is 0.375. The lowest BCUT2D eigenvalue weighted by Gasteiger charge is -2.19. The van der Waals surface area contributed by atoms with Crippen molar-refractivity contribution in [3.63, 3.8) is 0 Å². The van der Waals surface area contributed by atoms with Gasteiger partial charge in [0.2, 0.25) is 0 Å². The van der Waals surface area contributed by atoms with E-state index in [0.717, 1.165) is 6.42 Å². The fourth-order valence-corrected chi connectivity index (χ4v) is 1.14. The number of halogens is 1. The zero-order chi connectivity index (χ0) is 13.1. The van der Waals surface area contributed by atoms with E-state index in [9.17, 15) is 4.79 Å². The molecule has 0 aromatic rings. The molecule has 0 aromatic carbocycles. The predicted octanol–water partition coefficient (Wildman–Crippen LogP) is 2.38. The third kappa shape index (κ3) is 13.6. The van der Waals surface area contributed by atoms with Crippen molar-refractivity contribution in [1.82, 2.24) is 0 Å². The van der Waals surface area contributed by atoms with Gasteiger partial charge in [0.05, 0.1) is 26.2 Å². The van der Waals surface area contributed by atoms with E-state index in [1.54, 1.807) is 0 Å². The van der Waals surface area contributed by atoms with E-state index in [1.165, 1.54) is 0 Å². The molecule has 0 fully saturated rings. The highest BCUT2D eigenvalue weighted by molar-refractivity contribution is 6.17. The quantitative estimate of drug-likeness (QED) is 0.365. The molecule has 0 aromatic heterocycles. The van der Waals surface area contributed by atoms with Gasteiger partial charge in [-0.25, -0.2) is 0 Å². The summed E-state index contributed by atoms with van der Waals surface area (Å²) in [4.78, 5) is 11.3. The maximum absolute atomic E-state index is 11.3. The highest BCUT2D eigenvalue weighted by Gasteiger charge is 2.15. The van der Waals surface area contributed by atoms with Crippen LogP contribution in [0, 0.1) is 0 Å². The summed E-state index contributed by atoms with van der Waals surface area (Å²) in [6.07, 6.45) is 1.12. The van der Waals surface area contributed by atoms with Crippen molar-refractivity contribution >= 4 is 17.6 Å². The van der Waals surface area contributed by atoms with E-state index < -0.39 is 5.60 Å². The number of rotatable bonds is 9. The molecule has 5 heteroatoms. The van der Waals surface area contributed by atoms with Gasteiger partial charge in [-0.1, -0.05) is 0 Å². The average Bonchev–Trinajstić information content (AvgIpc) is 2.19. The van der Waals surface area contributed by atoms with Crippen LogP contribution in [0.3, 0.4) is 0 Å². The molecule has 0 spiro atoms. The van der Waals surface area contributed by atoms with Crippen LogP contribution >= 0.6 is 11.6 Å². The predicted molar refractivity (Wildman–Crippen MR) is 67.4 cm³/mol. The largest absolute Gasteiger partial charge is 0.460 e. The van der Waals surface area contributed by atoms with Crippen molar-refractivity contribution in [2.45, 2.75) is 39.2 Å². The molecule has 0 aliphatic rings. The topological polar surface area (TPSA) is 44.8 Å². The lowest BCUT2D eigenvalue weighted by Crippen LogP contribution is -2.24.